The third kappa shape index (κ3) is 6.24. The number of carbonyl (C=O) groups is 4. The van der Waals surface area contributed by atoms with Gasteiger partial charge >= 0.3 is 11.7 Å². The predicted octanol–water partition coefficient (Wildman–Crippen LogP) is 1.11. The molecule has 0 aliphatic carbocycles. The summed E-state index contributed by atoms with van der Waals surface area (Å²) in [6.07, 6.45) is -3.03. The second-order valence-electron chi connectivity index (χ2n) is 9.73. The summed E-state index contributed by atoms with van der Waals surface area (Å²) in [6, 6.07) is 11.4. The van der Waals surface area contributed by atoms with E-state index in [1.165, 1.54) is 4.90 Å². The van der Waals surface area contributed by atoms with Crippen LogP contribution >= 0.6 is 0 Å². The van der Waals surface area contributed by atoms with Gasteiger partial charge < -0.3 is 29.3 Å². The lowest BCUT2D eigenvalue weighted by Gasteiger charge is -2.36. The summed E-state index contributed by atoms with van der Waals surface area (Å²) in [7, 11) is 0. The van der Waals surface area contributed by atoms with E-state index in [0.29, 0.717) is 48.8 Å². The molecule has 0 saturated carbocycles. The summed E-state index contributed by atoms with van der Waals surface area (Å²) in [6.45, 7) is 5.04. The fourth-order valence-corrected chi connectivity index (χ4v) is 4.76. The zero-order chi connectivity index (χ0) is 29.8. The van der Waals surface area contributed by atoms with Crippen LogP contribution in [-0.4, -0.2) is 90.4 Å². The molecule has 14 nitrogen and oxygen atoms in total. The maximum atomic E-state index is 13.7. The van der Waals surface area contributed by atoms with Crippen LogP contribution in [0.5, 0.6) is 0 Å². The Bertz CT molecular complexity index is 1540. The zero-order valence-corrected chi connectivity index (χ0v) is 23.0. The molecule has 3 heterocycles. The van der Waals surface area contributed by atoms with E-state index >= 15 is 0 Å². The Morgan fingerprint density at radius 1 is 1.05 bits per heavy atom. The first-order valence-electron chi connectivity index (χ1n) is 13.3. The average Bonchev–Trinajstić information content (AvgIpc) is 3.43. The van der Waals surface area contributed by atoms with Crippen molar-refractivity contribution in [2.75, 3.05) is 49.7 Å². The van der Waals surface area contributed by atoms with E-state index in [9.17, 15) is 24.0 Å². The lowest BCUT2D eigenvalue weighted by atomic mass is 10.0. The second-order valence-corrected chi connectivity index (χ2v) is 9.73. The monoisotopic (exact) mass is 579 g/mol. The fourth-order valence-electron chi connectivity index (χ4n) is 4.76. The molecular weight excluding hydrogens is 550 g/mol. The Hall–Kier alpha value is -4.82. The van der Waals surface area contributed by atoms with Gasteiger partial charge in [-0.3, -0.25) is 28.7 Å². The van der Waals surface area contributed by atoms with Crippen molar-refractivity contribution in [3.8, 4) is 11.4 Å². The number of morpholine rings is 2. The number of aromatic amines is 1. The number of rotatable bonds is 7. The van der Waals surface area contributed by atoms with Gasteiger partial charge in [-0.25, -0.2) is 4.79 Å². The van der Waals surface area contributed by atoms with Gasteiger partial charge in [0.2, 0.25) is 6.10 Å². The van der Waals surface area contributed by atoms with Crippen LogP contribution in [-0.2, 0) is 28.6 Å². The third-order valence-electron chi connectivity index (χ3n) is 6.86. The van der Waals surface area contributed by atoms with Crippen LogP contribution < -0.4 is 16.0 Å². The van der Waals surface area contributed by atoms with Gasteiger partial charge in [-0.15, -0.1) is 0 Å². The van der Waals surface area contributed by atoms with Gasteiger partial charge in [0.15, 0.2) is 11.9 Å². The summed E-state index contributed by atoms with van der Waals surface area (Å²) >= 11 is 0. The lowest BCUT2D eigenvalue weighted by Crippen LogP contribution is -2.56. The van der Waals surface area contributed by atoms with Crippen molar-refractivity contribution in [2.24, 2.45) is 0 Å². The molecule has 3 aromatic rings. The minimum atomic E-state index is -1.59. The number of carbonyl (C=O) groups excluding carboxylic acids is 4. The number of aromatic nitrogens is 2. The van der Waals surface area contributed by atoms with Gasteiger partial charge in [0.1, 0.15) is 0 Å². The van der Waals surface area contributed by atoms with Crippen molar-refractivity contribution in [1.82, 2.24) is 15.0 Å². The molecule has 14 heteroatoms. The molecule has 220 valence electrons. The Morgan fingerprint density at radius 2 is 1.79 bits per heavy atom. The van der Waals surface area contributed by atoms with Crippen LogP contribution in [0.1, 0.15) is 22.8 Å². The quantitative estimate of drug-likeness (QED) is 0.386. The molecule has 2 saturated heterocycles. The first-order valence-corrected chi connectivity index (χ1v) is 13.3. The van der Waals surface area contributed by atoms with Gasteiger partial charge in [0, 0.05) is 49.1 Å². The standard InChI is InChI=1S/C28H29N5O9/c1-16-3-4-19(26(36)32-9-12-39-13-10-32)15-21(16)33-11-14-40-23(27(33)37)22(41-17(2)34)25(35)29-20-7-5-18(6-8-20)24-30-28(38)42-31-24/h3-8,15,22-23H,9-14H2,1-2H3,(H,29,35)(H,30,31,38)/t22-,23-/m1/s1. The minimum absolute atomic E-state index is 0.0626. The third-order valence-corrected chi connectivity index (χ3v) is 6.86. The highest BCUT2D eigenvalue weighted by molar-refractivity contribution is 6.05. The first-order chi connectivity index (χ1) is 20.2. The van der Waals surface area contributed by atoms with Crippen LogP contribution in [0.3, 0.4) is 0 Å². The maximum Gasteiger partial charge on any atom is 0.439 e. The number of H-pyrrole nitrogens is 1. The van der Waals surface area contributed by atoms with E-state index in [4.69, 9.17) is 14.2 Å². The van der Waals surface area contributed by atoms with Crippen molar-refractivity contribution < 1.29 is 37.9 Å². The van der Waals surface area contributed by atoms with E-state index in [0.717, 1.165) is 12.5 Å². The van der Waals surface area contributed by atoms with E-state index in [-0.39, 0.29) is 24.9 Å². The van der Waals surface area contributed by atoms with Crippen molar-refractivity contribution in [2.45, 2.75) is 26.1 Å². The van der Waals surface area contributed by atoms with Crippen LogP contribution in [0, 0.1) is 6.92 Å². The number of aryl methyl sites for hydroxylation is 1. The highest BCUT2D eigenvalue weighted by Crippen LogP contribution is 2.27. The maximum absolute atomic E-state index is 13.7. The zero-order valence-electron chi connectivity index (χ0n) is 23.0. The molecule has 42 heavy (non-hydrogen) atoms. The van der Waals surface area contributed by atoms with Crippen molar-refractivity contribution >= 4 is 35.1 Å². The number of benzene rings is 2. The summed E-state index contributed by atoms with van der Waals surface area (Å²) in [5.41, 5.74) is 2.51. The van der Waals surface area contributed by atoms with E-state index in [1.807, 2.05) is 6.92 Å². The summed E-state index contributed by atoms with van der Waals surface area (Å²) in [5.74, 6) is -2.81. The Balaban J connectivity index is 1.34. The molecule has 1 aromatic heterocycles. The van der Waals surface area contributed by atoms with Gasteiger partial charge in [-0.2, -0.15) is 0 Å². The molecule has 2 aliphatic heterocycles. The van der Waals surface area contributed by atoms with Gasteiger partial charge in [-0.05, 0) is 48.9 Å². The number of ether oxygens (including phenoxy) is 3. The molecule has 2 aromatic carbocycles. The smallest absolute Gasteiger partial charge is 0.439 e. The number of nitrogens with one attached hydrogen (secondary N) is 2. The number of esters is 1. The molecule has 0 radical (unpaired) electrons. The Kier molecular flexibility index (Phi) is 8.45. The molecule has 5 rings (SSSR count). The highest BCUT2D eigenvalue weighted by atomic mass is 16.6. The normalized spacial score (nSPS) is 18.0. The molecule has 2 N–H and O–H groups in total. The largest absolute Gasteiger partial charge is 0.449 e. The summed E-state index contributed by atoms with van der Waals surface area (Å²) < 4.78 is 20.8. The van der Waals surface area contributed by atoms with Crippen LogP contribution in [0.2, 0.25) is 0 Å². The van der Waals surface area contributed by atoms with E-state index in [1.54, 1.807) is 47.4 Å². The number of nitrogens with zero attached hydrogens (tertiary/aromatic N) is 3. The average molecular weight is 580 g/mol. The van der Waals surface area contributed by atoms with Crippen molar-refractivity contribution in [3.05, 3.63) is 64.1 Å². The van der Waals surface area contributed by atoms with Gasteiger partial charge in [0.05, 0.1) is 19.8 Å². The molecule has 3 amide bonds. The van der Waals surface area contributed by atoms with Gasteiger partial charge in [0.25, 0.3) is 17.7 Å². The number of hydrogen-bond donors (Lipinski definition) is 2. The lowest BCUT2D eigenvalue weighted by molar-refractivity contribution is -0.167. The number of amides is 3. The predicted molar refractivity (Wildman–Crippen MR) is 147 cm³/mol. The van der Waals surface area contributed by atoms with Crippen molar-refractivity contribution in [1.29, 1.82) is 0 Å². The second kappa shape index (κ2) is 12.4. The molecule has 2 aliphatic rings. The molecule has 0 spiro atoms. The minimum Gasteiger partial charge on any atom is -0.449 e. The number of anilines is 2. The van der Waals surface area contributed by atoms with Crippen LogP contribution in [0.25, 0.3) is 11.4 Å². The fraction of sp³-hybridized carbons (Fsp3) is 0.357. The first kappa shape index (κ1) is 28.7. The SMILES string of the molecule is CC(=O)O[C@@H](C(=O)Nc1ccc(-c2noc(=O)[nH]2)cc1)[C@H]1OCCN(c2cc(C(=O)N3CCOCC3)ccc2C)C1=O. The molecule has 2 atom stereocenters. The molecule has 0 unspecified atom stereocenters. The highest BCUT2D eigenvalue weighted by Gasteiger charge is 2.43. The molecule has 2 fully saturated rings. The Morgan fingerprint density at radius 3 is 2.45 bits per heavy atom. The van der Waals surface area contributed by atoms with E-state index < -0.39 is 35.7 Å². The molecule has 0 bridgehead atoms. The van der Waals surface area contributed by atoms with Crippen LogP contribution in [0.4, 0.5) is 11.4 Å². The summed E-state index contributed by atoms with van der Waals surface area (Å²) in [4.78, 5) is 68.9. The topological polar surface area (TPSA) is 173 Å². The molecular formula is C28H29N5O9. The van der Waals surface area contributed by atoms with E-state index in [2.05, 4.69) is 20.0 Å². The van der Waals surface area contributed by atoms with Gasteiger partial charge in [-0.1, -0.05) is 11.2 Å². The summed E-state index contributed by atoms with van der Waals surface area (Å²) in [5, 5.41) is 6.24. The number of hydrogen-bond acceptors (Lipinski definition) is 10. The van der Waals surface area contributed by atoms with Crippen LogP contribution in [0.15, 0.2) is 51.8 Å². The Labute approximate surface area is 239 Å². The van der Waals surface area contributed by atoms with Crippen molar-refractivity contribution in [3.63, 3.8) is 0 Å².